The number of benzene rings is 2. The summed E-state index contributed by atoms with van der Waals surface area (Å²) in [6, 6.07) is 11.3. The van der Waals surface area contributed by atoms with Crippen molar-refractivity contribution in [3.63, 3.8) is 0 Å². The summed E-state index contributed by atoms with van der Waals surface area (Å²) in [5.74, 6) is 0.931. The van der Waals surface area contributed by atoms with E-state index in [0.717, 1.165) is 21.7 Å². The summed E-state index contributed by atoms with van der Waals surface area (Å²) < 4.78 is 37.6. The second kappa shape index (κ2) is 8.42. The lowest BCUT2D eigenvalue weighted by molar-refractivity contribution is -0.123. The topological polar surface area (TPSA) is 84.9 Å². The zero-order valence-corrected chi connectivity index (χ0v) is 19.6. The number of rotatable bonds is 6. The Labute approximate surface area is 184 Å². The fraction of sp³-hybridized carbons (Fsp3) is 0.435. The molecule has 3 rings (SSSR count). The number of ether oxygens (including phenoxy) is 2. The highest BCUT2D eigenvalue weighted by Gasteiger charge is 2.37. The summed E-state index contributed by atoms with van der Waals surface area (Å²) in [4.78, 5) is 13.2. The Kier molecular flexibility index (Phi) is 6.23. The summed E-state index contributed by atoms with van der Waals surface area (Å²) in [5.41, 5.74) is 1.79. The van der Waals surface area contributed by atoms with Crippen LogP contribution in [0, 0.1) is 6.92 Å². The second-order valence-corrected chi connectivity index (χ2v) is 10.5. The van der Waals surface area contributed by atoms with E-state index in [1.165, 1.54) is 0 Å². The van der Waals surface area contributed by atoms with Crippen molar-refractivity contribution in [1.29, 1.82) is 0 Å². The molecule has 0 unspecified atom stereocenters. The molecule has 0 saturated heterocycles. The normalized spacial score (nSPS) is 18.3. The molecule has 2 atom stereocenters. The molecule has 1 aliphatic rings. The van der Waals surface area contributed by atoms with Crippen molar-refractivity contribution in [2.75, 3.05) is 17.7 Å². The van der Waals surface area contributed by atoms with Gasteiger partial charge in [-0.15, -0.1) is 0 Å². The lowest BCUT2D eigenvalue weighted by Gasteiger charge is -2.39. The molecule has 0 radical (unpaired) electrons. The maximum absolute atomic E-state index is 13.2. The zero-order chi connectivity index (χ0) is 23.0. The highest BCUT2D eigenvalue weighted by Crippen LogP contribution is 2.41. The highest BCUT2D eigenvalue weighted by molar-refractivity contribution is 7.92. The predicted octanol–water partition coefficient (Wildman–Crippen LogP) is 3.58. The van der Waals surface area contributed by atoms with Gasteiger partial charge in [0.25, 0.3) is 0 Å². The fourth-order valence-corrected chi connectivity index (χ4v) is 5.06. The number of sulfonamides is 1. The Morgan fingerprint density at radius 1 is 1.23 bits per heavy atom. The SMILES string of the molecule is COc1ccc2c(c1)OC(C)(C)C[C@@H]2NC(=O)[C@@H](C)N(c1ccc(C)cc1)S(C)(=O)=O. The average molecular weight is 447 g/mol. The van der Waals surface area contributed by atoms with Crippen molar-refractivity contribution >= 4 is 21.6 Å². The van der Waals surface area contributed by atoms with Crippen LogP contribution in [-0.2, 0) is 14.8 Å². The van der Waals surface area contributed by atoms with E-state index in [9.17, 15) is 13.2 Å². The largest absolute Gasteiger partial charge is 0.497 e. The van der Waals surface area contributed by atoms with Crippen molar-refractivity contribution in [1.82, 2.24) is 5.32 Å². The van der Waals surface area contributed by atoms with Crippen molar-refractivity contribution in [2.45, 2.75) is 51.8 Å². The van der Waals surface area contributed by atoms with Crippen LogP contribution in [0.4, 0.5) is 5.69 Å². The summed E-state index contributed by atoms with van der Waals surface area (Å²) in [7, 11) is -2.09. The van der Waals surface area contributed by atoms with Gasteiger partial charge in [0.05, 0.1) is 25.1 Å². The molecule has 1 aliphatic heterocycles. The number of hydrogen-bond donors (Lipinski definition) is 1. The smallest absolute Gasteiger partial charge is 0.244 e. The molecule has 0 fully saturated rings. The summed E-state index contributed by atoms with van der Waals surface area (Å²) >= 11 is 0. The van der Waals surface area contributed by atoms with Gasteiger partial charge in [-0.1, -0.05) is 17.7 Å². The number of nitrogens with zero attached hydrogens (tertiary/aromatic N) is 1. The monoisotopic (exact) mass is 446 g/mol. The van der Waals surface area contributed by atoms with Crippen LogP contribution in [-0.4, -0.2) is 39.3 Å². The number of carbonyl (C=O) groups excluding carboxylic acids is 1. The van der Waals surface area contributed by atoms with Gasteiger partial charge in [-0.25, -0.2) is 8.42 Å². The number of fused-ring (bicyclic) bond motifs is 1. The van der Waals surface area contributed by atoms with Crippen LogP contribution in [0.5, 0.6) is 11.5 Å². The number of nitrogens with one attached hydrogen (secondary N) is 1. The van der Waals surface area contributed by atoms with E-state index in [2.05, 4.69) is 5.32 Å². The van der Waals surface area contributed by atoms with E-state index in [0.29, 0.717) is 23.6 Å². The van der Waals surface area contributed by atoms with Crippen LogP contribution in [0.15, 0.2) is 42.5 Å². The maximum atomic E-state index is 13.2. The Bertz CT molecular complexity index is 1060. The molecule has 0 spiro atoms. The first-order chi connectivity index (χ1) is 14.4. The van der Waals surface area contributed by atoms with Gasteiger partial charge in [-0.3, -0.25) is 9.10 Å². The Hall–Kier alpha value is -2.74. The van der Waals surface area contributed by atoms with Crippen molar-refractivity contribution in [3.8, 4) is 11.5 Å². The van der Waals surface area contributed by atoms with Gasteiger partial charge in [0, 0.05) is 18.1 Å². The molecule has 2 aromatic rings. The van der Waals surface area contributed by atoms with Gasteiger partial charge in [0.1, 0.15) is 23.1 Å². The minimum atomic E-state index is -3.68. The highest BCUT2D eigenvalue weighted by atomic mass is 32.2. The van der Waals surface area contributed by atoms with Gasteiger partial charge < -0.3 is 14.8 Å². The number of hydrogen-bond acceptors (Lipinski definition) is 5. The lowest BCUT2D eigenvalue weighted by atomic mass is 9.89. The molecule has 1 amide bonds. The standard InChI is InChI=1S/C23H30N2O5S/c1-15-7-9-17(10-8-15)25(31(6,27)28)16(2)22(26)24-20-14-23(3,4)30-21-13-18(29-5)11-12-19(20)21/h7-13,16,20H,14H2,1-6H3,(H,24,26)/t16-,20+/m1/s1. The first-order valence-electron chi connectivity index (χ1n) is 10.1. The predicted molar refractivity (Wildman–Crippen MR) is 121 cm³/mol. The van der Waals surface area contributed by atoms with Crippen molar-refractivity contribution < 1.29 is 22.7 Å². The molecular weight excluding hydrogens is 416 g/mol. The number of methoxy groups -OCH3 is 1. The second-order valence-electron chi connectivity index (χ2n) is 8.60. The van der Waals surface area contributed by atoms with Crippen LogP contribution < -0.4 is 19.1 Å². The molecular formula is C23H30N2O5S. The van der Waals surface area contributed by atoms with Crippen molar-refractivity contribution in [2.24, 2.45) is 0 Å². The van der Waals surface area contributed by atoms with Gasteiger partial charge in [0.2, 0.25) is 15.9 Å². The maximum Gasteiger partial charge on any atom is 0.244 e. The molecule has 0 saturated carbocycles. The third-order valence-electron chi connectivity index (χ3n) is 5.37. The Morgan fingerprint density at radius 3 is 2.45 bits per heavy atom. The number of anilines is 1. The Morgan fingerprint density at radius 2 is 1.87 bits per heavy atom. The summed E-state index contributed by atoms with van der Waals surface area (Å²) in [6.07, 6.45) is 1.66. The summed E-state index contributed by atoms with van der Waals surface area (Å²) in [6.45, 7) is 7.42. The fourth-order valence-electron chi connectivity index (χ4n) is 3.88. The van der Waals surface area contributed by atoms with Crippen LogP contribution in [0.2, 0.25) is 0 Å². The third kappa shape index (κ3) is 5.12. The molecule has 0 aromatic heterocycles. The van der Waals surface area contributed by atoms with Crippen LogP contribution in [0.1, 0.15) is 44.4 Å². The molecule has 0 bridgehead atoms. The van der Waals surface area contributed by atoms with E-state index in [1.807, 2.05) is 45.0 Å². The van der Waals surface area contributed by atoms with Gasteiger partial charge in [0.15, 0.2) is 0 Å². The van der Waals surface area contributed by atoms with Crippen LogP contribution in [0.25, 0.3) is 0 Å². The minimum Gasteiger partial charge on any atom is -0.497 e. The molecule has 168 valence electrons. The van der Waals surface area contributed by atoms with E-state index in [1.54, 1.807) is 32.2 Å². The molecule has 2 aromatic carbocycles. The van der Waals surface area contributed by atoms with Gasteiger partial charge >= 0.3 is 0 Å². The molecule has 31 heavy (non-hydrogen) atoms. The minimum absolute atomic E-state index is 0.320. The van der Waals surface area contributed by atoms with Crippen molar-refractivity contribution in [3.05, 3.63) is 53.6 Å². The first-order valence-corrected chi connectivity index (χ1v) is 12.0. The number of carbonyl (C=O) groups is 1. The van der Waals surface area contributed by atoms with E-state index in [-0.39, 0.29) is 11.9 Å². The number of aryl methyl sites for hydroxylation is 1. The molecule has 1 N–H and O–H groups in total. The van der Waals surface area contributed by atoms with E-state index < -0.39 is 21.7 Å². The molecule has 8 heteroatoms. The average Bonchev–Trinajstić information content (AvgIpc) is 2.67. The lowest BCUT2D eigenvalue weighted by Crippen LogP contribution is -2.50. The quantitative estimate of drug-likeness (QED) is 0.733. The number of amides is 1. The van der Waals surface area contributed by atoms with E-state index >= 15 is 0 Å². The molecule has 1 heterocycles. The first kappa shape index (κ1) is 22.9. The summed E-state index contributed by atoms with van der Waals surface area (Å²) in [5, 5.41) is 3.04. The molecule has 7 nitrogen and oxygen atoms in total. The van der Waals surface area contributed by atoms with Gasteiger partial charge in [-0.2, -0.15) is 0 Å². The van der Waals surface area contributed by atoms with E-state index in [4.69, 9.17) is 9.47 Å². The van der Waals surface area contributed by atoms with Crippen LogP contribution >= 0.6 is 0 Å². The third-order valence-corrected chi connectivity index (χ3v) is 6.61. The van der Waals surface area contributed by atoms with Gasteiger partial charge in [-0.05, 0) is 52.0 Å². The molecule has 0 aliphatic carbocycles. The Balaban J connectivity index is 1.89. The zero-order valence-electron chi connectivity index (χ0n) is 18.8. The van der Waals surface area contributed by atoms with Crippen LogP contribution in [0.3, 0.4) is 0 Å².